The van der Waals surface area contributed by atoms with Gasteiger partial charge in [-0.15, -0.1) is 0 Å². The van der Waals surface area contributed by atoms with Crippen molar-refractivity contribution in [2.24, 2.45) is 11.7 Å². The second-order valence-electron chi connectivity index (χ2n) is 4.62. The topological polar surface area (TPSA) is 55.1 Å². The minimum absolute atomic E-state index is 0.177. The van der Waals surface area contributed by atoms with Crippen LogP contribution in [-0.4, -0.2) is 11.9 Å². The summed E-state index contributed by atoms with van der Waals surface area (Å²) in [6.07, 6.45) is 0.244. The molecule has 1 rings (SSSR count). The van der Waals surface area contributed by atoms with Gasteiger partial charge in [0.1, 0.15) is 5.82 Å². The van der Waals surface area contributed by atoms with Crippen LogP contribution >= 0.6 is 0 Å². The molecule has 0 bridgehead atoms. The maximum atomic E-state index is 13.0. The van der Waals surface area contributed by atoms with Crippen LogP contribution in [0.4, 0.5) is 10.1 Å². The minimum atomic E-state index is -0.362. The Morgan fingerprint density at radius 1 is 1.47 bits per heavy atom. The Labute approximate surface area is 101 Å². The molecule has 0 aromatic heterocycles. The molecule has 0 aliphatic rings. The lowest BCUT2D eigenvalue weighted by Crippen LogP contribution is -2.31. The van der Waals surface area contributed by atoms with Gasteiger partial charge in [0.05, 0.1) is 0 Å². The Hall–Kier alpha value is -1.42. The zero-order chi connectivity index (χ0) is 13.0. The molecule has 0 aliphatic heterocycles. The second-order valence-corrected chi connectivity index (χ2v) is 4.62. The van der Waals surface area contributed by atoms with Gasteiger partial charge >= 0.3 is 0 Å². The van der Waals surface area contributed by atoms with E-state index in [1.54, 1.807) is 6.07 Å². The van der Waals surface area contributed by atoms with Gasteiger partial charge in [0, 0.05) is 18.2 Å². The summed E-state index contributed by atoms with van der Waals surface area (Å²) in [5, 5.41) is 2.68. The average Bonchev–Trinajstić information content (AvgIpc) is 2.23. The molecule has 1 atom stereocenters. The Morgan fingerprint density at radius 2 is 2.12 bits per heavy atom. The summed E-state index contributed by atoms with van der Waals surface area (Å²) in [5.41, 5.74) is 7.14. The maximum Gasteiger partial charge on any atom is 0.225 e. The highest BCUT2D eigenvalue weighted by Gasteiger charge is 2.13. The van der Waals surface area contributed by atoms with Crippen molar-refractivity contribution in [2.45, 2.75) is 33.2 Å². The fourth-order valence-electron chi connectivity index (χ4n) is 1.38. The van der Waals surface area contributed by atoms with Crippen LogP contribution in [0.15, 0.2) is 18.2 Å². The molecule has 17 heavy (non-hydrogen) atoms. The maximum absolute atomic E-state index is 13.0. The van der Waals surface area contributed by atoms with Crippen LogP contribution in [0, 0.1) is 18.7 Å². The number of anilines is 1. The quantitative estimate of drug-likeness (QED) is 0.846. The molecule has 0 aliphatic carbocycles. The Bertz CT molecular complexity index is 404. The highest BCUT2D eigenvalue weighted by molar-refractivity contribution is 5.91. The summed E-state index contributed by atoms with van der Waals surface area (Å²) in [6.45, 7) is 5.74. The SMILES string of the molecule is Cc1ccc(F)cc1NC(=O)CC(N)C(C)C. The van der Waals surface area contributed by atoms with Gasteiger partial charge in [-0.3, -0.25) is 4.79 Å². The molecule has 3 N–H and O–H groups in total. The molecular weight excluding hydrogens is 219 g/mol. The number of rotatable bonds is 4. The molecule has 94 valence electrons. The first-order valence-electron chi connectivity index (χ1n) is 5.71. The van der Waals surface area contributed by atoms with Crippen molar-refractivity contribution in [3.05, 3.63) is 29.6 Å². The van der Waals surface area contributed by atoms with Crippen LogP contribution in [0.3, 0.4) is 0 Å². The first-order chi connectivity index (χ1) is 7.90. The van der Waals surface area contributed by atoms with Crippen molar-refractivity contribution in [2.75, 3.05) is 5.32 Å². The van der Waals surface area contributed by atoms with E-state index in [1.807, 2.05) is 20.8 Å². The number of halogens is 1. The standard InChI is InChI=1S/C13H19FN2O/c1-8(2)11(15)7-13(17)16-12-6-10(14)5-4-9(12)3/h4-6,8,11H,7,15H2,1-3H3,(H,16,17). The predicted molar refractivity (Wildman–Crippen MR) is 67.2 cm³/mol. The second kappa shape index (κ2) is 5.77. The third-order valence-electron chi connectivity index (χ3n) is 2.75. The molecule has 1 aromatic rings. The van der Waals surface area contributed by atoms with Crippen molar-refractivity contribution in [1.29, 1.82) is 0 Å². The number of nitrogens with one attached hydrogen (secondary N) is 1. The molecule has 3 nitrogen and oxygen atoms in total. The van der Waals surface area contributed by atoms with Crippen molar-refractivity contribution in [3.63, 3.8) is 0 Å². The van der Waals surface area contributed by atoms with E-state index in [4.69, 9.17) is 5.73 Å². The number of amides is 1. The van der Waals surface area contributed by atoms with E-state index in [9.17, 15) is 9.18 Å². The zero-order valence-corrected chi connectivity index (χ0v) is 10.5. The lowest BCUT2D eigenvalue weighted by Gasteiger charge is -2.15. The molecule has 0 spiro atoms. The fourth-order valence-corrected chi connectivity index (χ4v) is 1.38. The lowest BCUT2D eigenvalue weighted by molar-refractivity contribution is -0.116. The van der Waals surface area contributed by atoms with Gasteiger partial charge in [0.15, 0.2) is 0 Å². The zero-order valence-electron chi connectivity index (χ0n) is 10.5. The molecule has 0 saturated heterocycles. The van der Waals surface area contributed by atoms with Gasteiger partial charge in [-0.25, -0.2) is 4.39 Å². The molecule has 4 heteroatoms. The van der Waals surface area contributed by atoms with Gasteiger partial charge in [-0.1, -0.05) is 19.9 Å². The van der Waals surface area contributed by atoms with E-state index in [0.29, 0.717) is 5.69 Å². The molecule has 1 amide bonds. The van der Waals surface area contributed by atoms with Gasteiger partial charge in [0.2, 0.25) is 5.91 Å². The van der Waals surface area contributed by atoms with Crippen molar-refractivity contribution in [1.82, 2.24) is 0 Å². The van der Waals surface area contributed by atoms with Crippen LogP contribution in [0.5, 0.6) is 0 Å². The number of aryl methyl sites for hydroxylation is 1. The monoisotopic (exact) mass is 238 g/mol. The molecule has 0 heterocycles. The number of benzene rings is 1. The molecule has 1 unspecified atom stereocenters. The number of hydrogen-bond acceptors (Lipinski definition) is 2. The third kappa shape index (κ3) is 4.15. The highest BCUT2D eigenvalue weighted by atomic mass is 19.1. The first-order valence-corrected chi connectivity index (χ1v) is 5.71. The summed E-state index contributed by atoms with van der Waals surface area (Å²) in [7, 11) is 0. The van der Waals surface area contributed by atoms with Crippen LogP contribution in [0.25, 0.3) is 0 Å². The van der Waals surface area contributed by atoms with E-state index >= 15 is 0 Å². The number of carbonyl (C=O) groups is 1. The van der Waals surface area contributed by atoms with Gasteiger partial charge in [-0.2, -0.15) is 0 Å². The van der Waals surface area contributed by atoms with Crippen LogP contribution in [0.2, 0.25) is 0 Å². The Kier molecular flexibility index (Phi) is 4.63. The summed E-state index contributed by atoms with van der Waals surface area (Å²) < 4.78 is 13.0. The molecular formula is C13H19FN2O. The van der Waals surface area contributed by atoms with E-state index in [1.165, 1.54) is 12.1 Å². The largest absolute Gasteiger partial charge is 0.327 e. The molecule has 1 aromatic carbocycles. The van der Waals surface area contributed by atoms with E-state index in [-0.39, 0.29) is 30.1 Å². The summed E-state index contributed by atoms with van der Waals surface area (Å²) in [4.78, 5) is 11.7. The highest BCUT2D eigenvalue weighted by Crippen LogP contribution is 2.16. The van der Waals surface area contributed by atoms with Crippen LogP contribution in [-0.2, 0) is 4.79 Å². The van der Waals surface area contributed by atoms with E-state index < -0.39 is 0 Å². The Morgan fingerprint density at radius 3 is 2.71 bits per heavy atom. The molecule has 0 saturated carbocycles. The Balaban J connectivity index is 2.65. The average molecular weight is 238 g/mol. The summed E-state index contributed by atoms with van der Waals surface area (Å²) in [5.74, 6) is -0.298. The third-order valence-corrected chi connectivity index (χ3v) is 2.75. The summed E-state index contributed by atoms with van der Waals surface area (Å²) in [6, 6.07) is 4.13. The molecule has 0 radical (unpaired) electrons. The van der Waals surface area contributed by atoms with Crippen LogP contribution < -0.4 is 11.1 Å². The van der Waals surface area contributed by atoms with Crippen molar-refractivity contribution < 1.29 is 9.18 Å². The fraction of sp³-hybridized carbons (Fsp3) is 0.462. The van der Waals surface area contributed by atoms with Gasteiger partial charge in [0.25, 0.3) is 0 Å². The normalized spacial score (nSPS) is 12.6. The number of hydrogen-bond donors (Lipinski definition) is 2. The van der Waals surface area contributed by atoms with Crippen molar-refractivity contribution in [3.8, 4) is 0 Å². The van der Waals surface area contributed by atoms with Gasteiger partial charge < -0.3 is 11.1 Å². The predicted octanol–water partition coefficient (Wildman–Crippen LogP) is 2.45. The van der Waals surface area contributed by atoms with Crippen LogP contribution in [0.1, 0.15) is 25.8 Å². The number of carbonyl (C=O) groups excluding carboxylic acids is 1. The van der Waals surface area contributed by atoms with E-state index in [0.717, 1.165) is 5.56 Å². The summed E-state index contributed by atoms with van der Waals surface area (Å²) >= 11 is 0. The number of nitrogens with two attached hydrogens (primary N) is 1. The lowest BCUT2D eigenvalue weighted by atomic mass is 10.0. The first kappa shape index (κ1) is 13.6. The van der Waals surface area contributed by atoms with E-state index in [2.05, 4.69) is 5.32 Å². The van der Waals surface area contributed by atoms with Crippen molar-refractivity contribution >= 4 is 11.6 Å². The smallest absolute Gasteiger partial charge is 0.225 e. The van der Waals surface area contributed by atoms with Gasteiger partial charge in [-0.05, 0) is 30.5 Å². The minimum Gasteiger partial charge on any atom is -0.327 e. The molecule has 0 fully saturated rings.